The minimum Gasteiger partial charge on any atom is -0.456 e. The Balaban J connectivity index is 1.80. The Hall–Kier alpha value is -2.78. The van der Waals surface area contributed by atoms with E-state index in [9.17, 15) is 34.5 Å². The third-order valence-electron chi connectivity index (χ3n) is 12.8. The van der Waals surface area contributed by atoms with E-state index in [0.29, 0.717) is 50.5 Å². The Morgan fingerprint density at radius 3 is 2.32 bits per heavy atom. The van der Waals surface area contributed by atoms with E-state index >= 15 is 0 Å². The number of aliphatic hydroxyl groups is 3. The number of carbonyl (C=O) groups is 4. The van der Waals surface area contributed by atoms with Crippen LogP contribution in [0.25, 0.3) is 0 Å². The number of hydrogen-bond acceptors (Lipinski definition) is 12. The maximum absolute atomic E-state index is 14.3. The summed E-state index contributed by atoms with van der Waals surface area (Å²) in [6.45, 7) is 8.59. The summed E-state index contributed by atoms with van der Waals surface area (Å²) < 4.78 is 45.1. The van der Waals surface area contributed by atoms with Crippen molar-refractivity contribution in [3.63, 3.8) is 0 Å². The van der Waals surface area contributed by atoms with Crippen LogP contribution in [0.4, 0.5) is 0 Å². The number of rotatable bonds is 7. The highest BCUT2D eigenvalue weighted by atomic mass is 16.7. The molecule has 1 saturated carbocycles. The second-order valence-electron chi connectivity index (χ2n) is 17.2. The van der Waals surface area contributed by atoms with Crippen LogP contribution < -0.4 is 0 Å². The van der Waals surface area contributed by atoms with Crippen LogP contribution in [0.3, 0.4) is 0 Å². The summed E-state index contributed by atoms with van der Waals surface area (Å²) in [5.41, 5.74) is 1.47. The van der Waals surface area contributed by atoms with Crippen molar-refractivity contribution in [3.05, 3.63) is 35.9 Å². The summed E-state index contributed by atoms with van der Waals surface area (Å²) in [6, 6.07) is -1.18. The fraction of sp³-hybridized carbons (Fsp3) is 0.773. The van der Waals surface area contributed by atoms with Crippen molar-refractivity contribution in [1.82, 2.24) is 4.90 Å². The number of methoxy groups -OCH3 is 3. The highest BCUT2D eigenvalue weighted by molar-refractivity contribution is 6.39. The van der Waals surface area contributed by atoms with Crippen LogP contribution in [0, 0.1) is 29.6 Å². The van der Waals surface area contributed by atoms with Crippen molar-refractivity contribution in [3.8, 4) is 0 Å². The van der Waals surface area contributed by atoms with Gasteiger partial charge in [-0.05, 0) is 95.5 Å². The van der Waals surface area contributed by atoms with E-state index in [-0.39, 0.29) is 56.0 Å². The number of amides is 1. The molecule has 13 nitrogen and oxygen atoms in total. The molecule has 0 spiro atoms. The number of ether oxygens (including phenoxy) is 5. The van der Waals surface area contributed by atoms with E-state index in [1.54, 1.807) is 27.9 Å². The van der Waals surface area contributed by atoms with Crippen molar-refractivity contribution < 1.29 is 60.9 Å². The topological polar surface area (TPSA) is 178 Å². The molecule has 4 rings (SSSR count). The molecule has 2 bridgehead atoms. The fourth-order valence-corrected chi connectivity index (χ4v) is 9.37. The molecule has 0 aromatic heterocycles. The van der Waals surface area contributed by atoms with Crippen LogP contribution in [-0.4, -0.2) is 126 Å². The standard InChI is InChI=1S/C44H69NO12/c1-10-13-31-19-25(2)18-26(3)20-37(54-8)40-38(55-9)22-28(5)44(52,57-40)41(49)42(50)45-17-12-11-14-32(45)43(51)56-39(29(6)34(47)24-35(31)48)27(4)21-30-15-16-33(46)36(23-30)53-7/h10,19,21,26,28-34,36-40,46-47,52H,1,11-18,20,22-24H2,2-9H3/b25-19+,27-21+/t26-,28+,29+,30-,31+,32-,33+,34-,36+,37?,38-,39+,40+,44+/m0/s1/i1+1D2. The first-order valence-electron chi connectivity index (χ1n) is 21.8. The summed E-state index contributed by atoms with van der Waals surface area (Å²) in [7, 11) is 4.55. The third kappa shape index (κ3) is 11.3. The Bertz CT molecular complexity index is 1570. The lowest BCUT2D eigenvalue weighted by Crippen LogP contribution is -2.64. The number of hydrogen-bond donors (Lipinski definition) is 3. The summed E-state index contributed by atoms with van der Waals surface area (Å²) in [5.74, 6) is -8.41. The first kappa shape index (κ1) is 43.8. The molecule has 0 aromatic carbocycles. The van der Waals surface area contributed by atoms with Crippen molar-refractivity contribution in [2.75, 3.05) is 27.9 Å². The van der Waals surface area contributed by atoms with E-state index in [1.807, 2.05) is 26.0 Å². The monoisotopic (exact) mass is 806 g/mol. The number of nitrogens with zero attached hydrogens (tertiary/aromatic N) is 1. The summed E-state index contributed by atoms with van der Waals surface area (Å²) >= 11 is 0. The van der Waals surface area contributed by atoms with Gasteiger partial charge >= 0.3 is 5.97 Å². The minimum absolute atomic E-state index is 0.0448. The van der Waals surface area contributed by atoms with Crippen LogP contribution in [0.15, 0.2) is 35.9 Å². The number of allylic oxidation sites excluding steroid dienone is 4. The van der Waals surface area contributed by atoms with E-state index in [0.717, 1.165) is 10.5 Å². The summed E-state index contributed by atoms with van der Waals surface area (Å²) in [5, 5.41) is 34.2. The van der Waals surface area contributed by atoms with Gasteiger partial charge in [-0.25, -0.2) is 4.79 Å². The van der Waals surface area contributed by atoms with Gasteiger partial charge in [-0.1, -0.05) is 44.6 Å². The van der Waals surface area contributed by atoms with Crippen LogP contribution in [0.1, 0.15) is 108 Å². The molecule has 1 amide bonds. The van der Waals surface area contributed by atoms with E-state index in [2.05, 4.69) is 0 Å². The molecule has 3 aliphatic heterocycles. The van der Waals surface area contributed by atoms with Gasteiger partial charge in [-0.15, -0.1) is 6.53 Å². The molecule has 322 valence electrons. The molecule has 4 aliphatic rings. The molecule has 0 aromatic rings. The van der Waals surface area contributed by atoms with Gasteiger partial charge in [-0.3, -0.25) is 14.4 Å². The largest absolute Gasteiger partial charge is 0.456 e. The predicted molar refractivity (Wildman–Crippen MR) is 213 cm³/mol. The van der Waals surface area contributed by atoms with Crippen molar-refractivity contribution in [2.45, 2.75) is 160 Å². The number of aliphatic hydroxyl groups excluding tert-OH is 2. The average molecular weight is 807 g/mol. The molecule has 14 atom stereocenters. The lowest BCUT2D eigenvalue weighted by molar-refractivity contribution is -0.302. The van der Waals surface area contributed by atoms with Crippen LogP contribution in [-0.2, 0) is 42.9 Å². The first-order valence-corrected chi connectivity index (χ1v) is 20.8. The molecular formula is C44H69NO12. The number of piperidine rings is 1. The Morgan fingerprint density at radius 1 is 0.965 bits per heavy atom. The van der Waals surface area contributed by atoms with Crippen LogP contribution in [0.5, 0.6) is 0 Å². The van der Waals surface area contributed by atoms with E-state index in [4.69, 9.17) is 26.4 Å². The summed E-state index contributed by atoms with van der Waals surface area (Å²) in [6.07, 6.45) is 3.43. The molecule has 3 fully saturated rings. The van der Waals surface area contributed by atoms with Gasteiger partial charge in [0.25, 0.3) is 11.7 Å². The van der Waals surface area contributed by atoms with Gasteiger partial charge < -0.3 is 43.9 Å². The van der Waals surface area contributed by atoms with Crippen molar-refractivity contribution in [1.29, 1.82) is 0 Å². The Labute approximate surface area is 342 Å². The quantitative estimate of drug-likeness (QED) is 0.141. The van der Waals surface area contributed by atoms with E-state index < -0.39 is 90.4 Å². The maximum Gasteiger partial charge on any atom is 0.329 e. The number of fused-ring (bicyclic) bond motifs is 3. The molecule has 13 heteroatoms. The van der Waals surface area contributed by atoms with Crippen LogP contribution in [0.2, 0.25) is 0 Å². The normalized spacial score (nSPS) is 41.4. The summed E-state index contributed by atoms with van der Waals surface area (Å²) in [4.78, 5) is 58.0. The second kappa shape index (κ2) is 21.0. The lowest BCUT2D eigenvalue weighted by atomic mass is 9.81. The molecule has 57 heavy (non-hydrogen) atoms. The van der Waals surface area contributed by atoms with Crippen molar-refractivity contribution in [2.24, 2.45) is 29.6 Å². The van der Waals surface area contributed by atoms with Crippen LogP contribution >= 0.6 is 0 Å². The van der Waals surface area contributed by atoms with Gasteiger partial charge in [0.2, 0.25) is 5.79 Å². The zero-order valence-electron chi connectivity index (χ0n) is 37.2. The fourth-order valence-electron chi connectivity index (χ4n) is 9.37. The van der Waals surface area contributed by atoms with Gasteiger partial charge in [0.1, 0.15) is 24.0 Å². The molecule has 3 heterocycles. The zero-order chi connectivity index (χ0) is 43.8. The number of esters is 1. The third-order valence-corrected chi connectivity index (χ3v) is 12.8. The highest BCUT2D eigenvalue weighted by Crippen LogP contribution is 2.39. The molecule has 3 N–H and O–H groups in total. The smallest absolute Gasteiger partial charge is 0.329 e. The molecule has 2 saturated heterocycles. The van der Waals surface area contributed by atoms with E-state index in [1.165, 1.54) is 20.3 Å². The zero-order valence-corrected chi connectivity index (χ0v) is 35.2. The number of Topliss-reactive ketones (excluding diaryl/α,β-unsaturated/α-hetero) is 2. The number of cyclic esters (lactones) is 1. The molecular weight excluding hydrogens is 735 g/mol. The van der Waals surface area contributed by atoms with Gasteiger partial charge in [0, 0.05) is 52.0 Å². The maximum atomic E-state index is 14.3. The SMILES string of the molecule is [2H][13C]([2H])=CC[C@@H]1/C=C(\C)C[C@H](C)CC(OC)[C@H]2O[C@@](O)(C(=O)C(=O)N3CCCC[C@H]3C(=O)O[C@H](/C(C)=C/[C@@H]3CC[C@@H](O)[C@H](OC)C3)[C@H](C)[C@@H](O)CC1=O)[C@H](C)C[C@@H]2OC. The first-order chi connectivity index (χ1) is 27.8. The Morgan fingerprint density at radius 2 is 1.65 bits per heavy atom. The molecule has 1 aliphatic carbocycles. The predicted octanol–water partition coefficient (Wildman–Crippen LogP) is 4.64. The Kier molecular flexibility index (Phi) is 16.1. The number of carbonyl (C=O) groups excluding carboxylic acids is 4. The lowest BCUT2D eigenvalue weighted by Gasteiger charge is -2.47. The van der Waals surface area contributed by atoms with Gasteiger partial charge in [0.05, 0.1) is 33.3 Å². The molecule has 0 radical (unpaired) electrons. The van der Waals surface area contributed by atoms with Crippen molar-refractivity contribution >= 4 is 23.4 Å². The van der Waals surface area contributed by atoms with Gasteiger partial charge in [0.15, 0.2) is 0 Å². The highest BCUT2D eigenvalue weighted by Gasteiger charge is 2.56. The number of ketones is 2. The molecule has 1 unspecified atom stereocenters. The minimum atomic E-state index is -2.54. The van der Waals surface area contributed by atoms with Gasteiger partial charge in [-0.2, -0.15) is 0 Å². The average Bonchev–Trinajstić information content (AvgIpc) is 3.20. The second-order valence-corrected chi connectivity index (χ2v) is 17.2.